The zero-order valence-electron chi connectivity index (χ0n) is 24.6. The Morgan fingerprint density at radius 1 is 0.929 bits per heavy atom. The molecule has 0 saturated heterocycles. The van der Waals surface area contributed by atoms with Crippen molar-refractivity contribution in [3.05, 3.63) is 94.5 Å². The quantitative estimate of drug-likeness (QED) is 0.272. The predicted molar refractivity (Wildman–Crippen MR) is 168 cm³/mol. The van der Waals surface area contributed by atoms with Crippen LogP contribution in [0.2, 0.25) is 5.02 Å². The maximum Gasteiger partial charge on any atom is 0.264 e. The van der Waals surface area contributed by atoms with Crippen LogP contribution >= 0.6 is 11.6 Å². The number of amides is 2. The van der Waals surface area contributed by atoms with E-state index in [0.29, 0.717) is 6.42 Å². The molecule has 0 radical (unpaired) electrons. The average molecular weight is 610 g/mol. The van der Waals surface area contributed by atoms with E-state index in [4.69, 9.17) is 11.6 Å². The van der Waals surface area contributed by atoms with E-state index >= 15 is 0 Å². The topological polar surface area (TPSA) is 86.8 Å². The molecule has 1 aliphatic carbocycles. The molecule has 0 heterocycles. The fourth-order valence-corrected chi connectivity index (χ4v) is 7.16. The molecule has 1 fully saturated rings. The van der Waals surface area contributed by atoms with Crippen molar-refractivity contribution in [2.45, 2.75) is 82.8 Å². The Balaban J connectivity index is 1.72. The van der Waals surface area contributed by atoms with Crippen molar-refractivity contribution in [3.8, 4) is 0 Å². The standard InChI is InChI=1S/C33H40ClN3O4S/c1-4-30(33(39)35-27-14-6-5-7-15-27)36(22-26-13-9-8-12-25(26)3)32(38)23-37(31-17-11-10-16-29(31)34)42(40,41)28-20-18-24(2)19-21-28/h8-13,16-21,27,30H,4-7,14-15,22-23H2,1-3H3,(H,35,39)/t30-/m1/s1. The summed E-state index contributed by atoms with van der Waals surface area (Å²) < 4.78 is 29.1. The predicted octanol–water partition coefficient (Wildman–Crippen LogP) is 6.41. The van der Waals surface area contributed by atoms with Gasteiger partial charge in [0.1, 0.15) is 12.6 Å². The first-order valence-corrected chi connectivity index (χ1v) is 16.4. The normalized spacial score (nSPS) is 14.7. The third-order valence-corrected chi connectivity index (χ3v) is 10.0. The van der Waals surface area contributed by atoms with E-state index in [-0.39, 0.29) is 34.1 Å². The van der Waals surface area contributed by atoms with E-state index in [0.717, 1.165) is 53.1 Å². The summed E-state index contributed by atoms with van der Waals surface area (Å²) in [6.07, 6.45) is 5.52. The van der Waals surface area contributed by atoms with Gasteiger partial charge in [-0.25, -0.2) is 8.42 Å². The number of nitrogens with zero attached hydrogens (tertiary/aromatic N) is 2. The Morgan fingerprint density at radius 3 is 2.21 bits per heavy atom. The molecule has 224 valence electrons. The first kappa shape index (κ1) is 31.6. The van der Waals surface area contributed by atoms with Crippen LogP contribution < -0.4 is 9.62 Å². The Morgan fingerprint density at radius 2 is 1.57 bits per heavy atom. The highest BCUT2D eigenvalue weighted by atomic mass is 35.5. The monoisotopic (exact) mass is 609 g/mol. The van der Waals surface area contributed by atoms with E-state index in [9.17, 15) is 18.0 Å². The van der Waals surface area contributed by atoms with Crippen LogP contribution in [-0.4, -0.2) is 43.8 Å². The molecule has 1 N–H and O–H groups in total. The maximum atomic E-state index is 14.3. The lowest BCUT2D eigenvalue weighted by molar-refractivity contribution is -0.140. The Hall–Kier alpha value is -3.36. The third-order valence-electron chi connectivity index (χ3n) is 7.95. The molecule has 3 aromatic carbocycles. The van der Waals surface area contributed by atoms with Gasteiger partial charge in [0, 0.05) is 12.6 Å². The van der Waals surface area contributed by atoms with Crippen molar-refractivity contribution in [2.75, 3.05) is 10.8 Å². The van der Waals surface area contributed by atoms with Crippen molar-refractivity contribution in [1.29, 1.82) is 0 Å². The number of para-hydroxylation sites is 1. The number of nitrogens with one attached hydrogen (secondary N) is 1. The first-order valence-electron chi connectivity index (χ1n) is 14.6. The lowest BCUT2D eigenvalue weighted by Gasteiger charge is -2.35. The summed E-state index contributed by atoms with van der Waals surface area (Å²) >= 11 is 6.50. The van der Waals surface area contributed by atoms with Crippen LogP contribution in [0.1, 0.15) is 62.1 Å². The molecule has 1 saturated carbocycles. The van der Waals surface area contributed by atoms with Crippen LogP contribution in [0.5, 0.6) is 0 Å². The van der Waals surface area contributed by atoms with Gasteiger partial charge in [-0.15, -0.1) is 0 Å². The van der Waals surface area contributed by atoms with Gasteiger partial charge in [0.25, 0.3) is 10.0 Å². The number of hydrogen-bond donors (Lipinski definition) is 1. The number of aryl methyl sites for hydroxylation is 2. The largest absolute Gasteiger partial charge is 0.352 e. The van der Waals surface area contributed by atoms with Crippen LogP contribution in [0.3, 0.4) is 0 Å². The first-order chi connectivity index (χ1) is 20.1. The molecule has 2 amide bonds. The number of sulfonamides is 1. The average Bonchev–Trinajstić information content (AvgIpc) is 2.98. The number of hydrogen-bond acceptors (Lipinski definition) is 4. The molecule has 0 aliphatic heterocycles. The van der Waals surface area contributed by atoms with Crippen molar-refractivity contribution in [3.63, 3.8) is 0 Å². The summed E-state index contributed by atoms with van der Waals surface area (Å²) in [5.74, 6) is -0.698. The summed E-state index contributed by atoms with van der Waals surface area (Å²) in [6.45, 7) is 5.36. The maximum absolute atomic E-state index is 14.3. The number of carbonyl (C=O) groups excluding carboxylic acids is 2. The van der Waals surface area contributed by atoms with Gasteiger partial charge in [0.2, 0.25) is 11.8 Å². The number of benzene rings is 3. The van der Waals surface area contributed by atoms with Crippen LogP contribution in [0.25, 0.3) is 0 Å². The summed E-state index contributed by atoms with van der Waals surface area (Å²) in [6, 6.07) is 20.1. The van der Waals surface area contributed by atoms with Crippen LogP contribution in [0.4, 0.5) is 5.69 Å². The lowest BCUT2D eigenvalue weighted by Crippen LogP contribution is -2.54. The fourth-order valence-electron chi connectivity index (χ4n) is 5.44. The second-order valence-electron chi connectivity index (χ2n) is 11.0. The van der Waals surface area contributed by atoms with Crippen molar-refractivity contribution in [2.24, 2.45) is 0 Å². The summed E-state index contributed by atoms with van der Waals surface area (Å²) in [5, 5.41) is 3.38. The van der Waals surface area contributed by atoms with E-state index < -0.39 is 28.5 Å². The highest BCUT2D eigenvalue weighted by Crippen LogP contribution is 2.31. The van der Waals surface area contributed by atoms with Crippen molar-refractivity contribution >= 4 is 39.1 Å². The SMILES string of the molecule is CC[C@H](C(=O)NC1CCCCC1)N(Cc1ccccc1C)C(=O)CN(c1ccccc1Cl)S(=O)(=O)c1ccc(C)cc1. The number of carbonyl (C=O) groups is 2. The summed E-state index contributed by atoms with van der Waals surface area (Å²) in [4.78, 5) is 29.5. The van der Waals surface area contributed by atoms with Gasteiger partial charge < -0.3 is 10.2 Å². The Kier molecular flexibility index (Phi) is 10.7. The minimum atomic E-state index is -4.18. The lowest BCUT2D eigenvalue weighted by atomic mass is 9.95. The molecule has 0 unspecified atom stereocenters. The fraction of sp³-hybridized carbons (Fsp3) is 0.394. The number of rotatable bonds is 11. The molecular weight excluding hydrogens is 570 g/mol. The zero-order valence-corrected chi connectivity index (χ0v) is 26.1. The molecular formula is C33H40ClN3O4S. The molecule has 4 rings (SSSR count). The van der Waals surface area contributed by atoms with Gasteiger partial charge in [0.15, 0.2) is 0 Å². The molecule has 42 heavy (non-hydrogen) atoms. The van der Waals surface area contributed by atoms with Crippen molar-refractivity contribution in [1.82, 2.24) is 10.2 Å². The van der Waals surface area contributed by atoms with Gasteiger partial charge in [-0.3, -0.25) is 13.9 Å². The third kappa shape index (κ3) is 7.53. The van der Waals surface area contributed by atoms with Gasteiger partial charge in [-0.05, 0) is 68.5 Å². The van der Waals surface area contributed by atoms with E-state index in [1.54, 1.807) is 36.4 Å². The minimum absolute atomic E-state index is 0.0494. The summed E-state index contributed by atoms with van der Waals surface area (Å²) in [7, 11) is -4.18. The highest BCUT2D eigenvalue weighted by molar-refractivity contribution is 7.92. The Labute approximate surface area is 254 Å². The highest BCUT2D eigenvalue weighted by Gasteiger charge is 2.35. The molecule has 0 aromatic heterocycles. The smallest absolute Gasteiger partial charge is 0.264 e. The van der Waals surface area contributed by atoms with E-state index in [1.807, 2.05) is 45.0 Å². The van der Waals surface area contributed by atoms with Gasteiger partial charge >= 0.3 is 0 Å². The summed E-state index contributed by atoms with van der Waals surface area (Å²) in [5.41, 5.74) is 2.98. The van der Waals surface area contributed by atoms with Crippen molar-refractivity contribution < 1.29 is 18.0 Å². The van der Waals surface area contributed by atoms with E-state index in [2.05, 4.69) is 5.32 Å². The molecule has 1 aliphatic rings. The molecule has 3 aromatic rings. The zero-order chi connectivity index (χ0) is 30.3. The number of anilines is 1. The second-order valence-corrected chi connectivity index (χ2v) is 13.3. The molecule has 1 atom stereocenters. The van der Waals surface area contributed by atoms with Gasteiger partial charge in [-0.2, -0.15) is 0 Å². The van der Waals surface area contributed by atoms with Crippen LogP contribution in [0, 0.1) is 13.8 Å². The van der Waals surface area contributed by atoms with Crippen LogP contribution in [-0.2, 0) is 26.2 Å². The van der Waals surface area contributed by atoms with E-state index in [1.165, 1.54) is 17.0 Å². The molecule has 0 spiro atoms. The number of halogens is 1. The van der Waals surface area contributed by atoms with Gasteiger partial charge in [0.05, 0.1) is 15.6 Å². The molecule has 0 bridgehead atoms. The second kappa shape index (κ2) is 14.2. The minimum Gasteiger partial charge on any atom is -0.352 e. The molecule has 9 heteroatoms. The van der Waals surface area contributed by atoms with Crippen LogP contribution in [0.15, 0.2) is 77.7 Å². The molecule has 7 nitrogen and oxygen atoms in total. The Bertz CT molecular complexity index is 1490. The van der Waals surface area contributed by atoms with Gasteiger partial charge in [-0.1, -0.05) is 91.9 Å².